The van der Waals surface area contributed by atoms with Crippen molar-refractivity contribution < 1.29 is 27.2 Å². The highest BCUT2D eigenvalue weighted by molar-refractivity contribution is 6.29. The van der Waals surface area contributed by atoms with E-state index in [4.69, 9.17) is 11.6 Å². The second-order valence-corrected chi connectivity index (χ2v) is 3.27. The fourth-order valence-corrected chi connectivity index (χ4v) is 0.881. The molecule has 0 aromatic rings. The lowest BCUT2D eigenvalue weighted by atomic mass is 10.4. The number of nitrogens with zero attached hydrogens (tertiary/aromatic N) is 1. The van der Waals surface area contributed by atoms with Crippen LogP contribution >= 0.6 is 11.6 Å². The third-order valence-corrected chi connectivity index (χ3v) is 1.62. The van der Waals surface area contributed by atoms with Gasteiger partial charge in [-0.15, -0.1) is 0 Å². The highest BCUT2D eigenvalue weighted by Gasteiger charge is 2.28. The summed E-state index contributed by atoms with van der Waals surface area (Å²) in [6.07, 6.45) is -4.53. The van der Waals surface area contributed by atoms with E-state index in [0.29, 0.717) is 4.90 Å². The van der Waals surface area contributed by atoms with E-state index in [9.17, 15) is 27.2 Å². The summed E-state index contributed by atoms with van der Waals surface area (Å²) in [5, 5.41) is 1.52. The molecule has 1 N–H and O–H groups in total. The summed E-state index contributed by atoms with van der Waals surface area (Å²) in [6.45, 7) is -2.20. The standard InChI is InChI=1S/C7H9ClF4N2O2/c1-14(6(16)5(8)9)2-4(15)13-3-7(10,11)12/h5H,2-3H2,1H3,(H,13,15). The SMILES string of the molecule is CN(CC(=O)NCC(F)(F)F)C(=O)C(F)Cl. The average Bonchev–Trinajstić information content (AvgIpc) is 2.12. The maximum Gasteiger partial charge on any atom is 0.405 e. The Kier molecular flexibility index (Phi) is 5.49. The van der Waals surface area contributed by atoms with E-state index < -0.39 is 36.7 Å². The first-order valence-corrected chi connectivity index (χ1v) is 4.43. The van der Waals surface area contributed by atoms with E-state index in [1.807, 2.05) is 0 Å². The highest BCUT2D eigenvalue weighted by atomic mass is 35.5. The number of amides is 2. The number of alkyl halides is 5. The number of carbonyl (C=O) groups excluding carboxylic acids is 2. The van der Waals surface area contributed by atoms with Gasteiger partial charge in [0.25, 0.3) is 11.5 Å². The van der Waals surface area contributed by atoms with Crippen LogP contribution in [0, 0.1) is 0 Å². The van der Waals surface area contributed by atoms with Crippen molar-refractivity contribution in [2.75, 3.05) is 20.1 Å². The van der Waals surface area contributed by atoms with Crippen LogP contribution in [0.2, 0.25) is 0 Å². The molecule has 4 nitrogen and oxygen atoms in total. The summed E-state index contributed by atoms with van der Waals surface area (Å²) in [7, 11) is 1.05. The van der Waals surface area contributed by atoms with Gasteiger partial charge < -0.3 is 10.2 Å². The number of likely N-dealkylation sites (N-methyl/N-ethyl adjacent to an activating group) is 1. The van der Waals surface area contributed by atoms with Crippen molar-refractivity contribution in [3.63, 3.8) is 0 Å². The third kappa shape index (κ3) is 6.44. The van der Waals surface area contributed by atoms with Crippen LogP contribution in [0.25, 0.3) is 0 Å². The van der Waals surface area contributed by atoms with Gasteiger partial charge in [0.2, 0.25) is 5.91 Å². The van der Waals surface area contributed by atoms with Gasteiger partial charge in [0.05, 0.1) is 6.54 Å². The Hall–Kier alpha value is -1.05. The van der Waals surface area contributed by atoms with Crippen molar-refractivity contribution in [1.82, 2.24) is 10.2 Å². The first-order chi connectivity index (χ1) is 7.13. The molecular formula is C7H9ClF4N2O2. The maximum atomic E-state index is 12.2. The quantitative estimate of drug-likeness (QED) is 0.599. The van der Waals surface area contributed by atoms with E-state index in [-0.39, 0.29) is 0 Å². The molecule has 0 bridgehead atoms. The van der Waals surface area contributed by atoms with Gasteiger partial charge in [-0.2, -0.15) is 13.2 Å². The molecule has 0 heterocycles. The number of carbonyl (C=O) groups is 2. The number of rotatable bonds is 4. The summed E-state index contributed by atoms with van der Waals surface area (Å²) in [4.78, 5) is 22.2. The lowest BCUT2D eigenvalue weighted by Gasteiger charge is -2.16. The van der Waals surface area contributed by atoms with Crippen molar-refractivity contribution in [2.24, 2.45) is 0 Å². The van der Waals surface area contributed by atoms with E-state index in [1.54, 1.807) is 0 Å². The van der Waals surface area contributed by atoms with Gasteiger partial charge in [-0.3, -0.25) is 9.59 Å². The van der Waals surface area contributed by atoms with E-state index in [2.05, 4.69) is 0 Å². The summed E-state index contributed by atoms with van der Waals surface area (Å²) in [6, 6.07) is 0. The minimum Gasteiger partial charge on any atom is -0.345 e. The Bertz CT molecular complexity index is 270. The summed E-state index contributed by atoms with van der Waals surface area (Å²) in [5.41, 5.74) is -2.32. The van der Waals surface area contributed by atoms with Crippen LogP contribution in [0.4, 0.5) is 17.6 Å². The smallest absolute Gasteiger partial charge is 0.345 e. The molecule has 0 aliphatic carbocycles. The van der Waals surface area contributed by atoms with E-state index in [0.717, 1.165) is 7.05 Å². The molecule has 1 unspecified atom stereocenters. The molecule has 0 aromatic heterocycles. The monoisotopic (exact) mass is 264 g/mol. The average molecular weight is 265 g/mol. The van der Waals surface area contributed by atoms with Gasteiger partial charge in [0.1, 0.15) is 6.54 Å². The van der Waals surface area contributed by atoms with Gasteiger partial charge in [0, 0.05) is 7.05 Å². The molecule has 2 amide bonds. The normalized spacial score (nSPS) is 13.1. The lowest BCUT2D eigenvalue weighted by molar-refractivity contribution is -0.142. The summed E-state index contributed by atoms with van der Waals surface area (Å²) < 4.78 is 47.2. The summed E-state index contributed by atoms with van der Waals surface area (Å²) >= 11 is 4.79. The van der Waals surface area contributed by atoms with Gasteiger partial charge in [0.15, 0.2) is 0 Å². The maximum absolute atomic E-state index is 12.2. The van der Waals surface area contributed by atoms with Crippen LogP contribution < -0.4 is 5.32 Å². The minimum atomic E-state index is -4.53. The fraction of sp³-hybridized carbons (Fsp3) is 0.714. The molecule has 0 rings (SSSR count). The second kappa shape index (κ2) is 5.88. The van der Waals surface area contributed by atoms with Crippen LogP contribution in [0.3, 0.4) is 0 Å². The van der Waals surface area contributed by atoms with Gasteiger partial charge >= 0.3 is 6.18 Å². The van der Waals surface area contributed by atoms with Crippen molar-refractivity contribution in [3.05, 3.63) is 0 Å². The zero-order valence-corrected chi connectivity index (χ0v) is 8.90. The number of hydrogen-bond donors (Lipinski definition) is 1. The molecule has 0 radical (unpaired) electrons. The number of nitrogens with one attached hydrogen (secondary N) is 1. The zero-order valence-electron chi connectivity index (χ0n) is 8.15. The Balaban J connectivity index is 4.02. The molecule has 1 atom stereocenters. The first kappa shape index (κ1) is 14.9. The molecule has 0 saturated heterocycles. The fourth-order valence-electron chi connectivity index (χ4n) is 0.715. The lowest BCUT2D eigenvalue weighted by Crippen LogP contribution is -2.43. The summed E-state index contributed by atoms with van der Waals surface area (Å²) in [5.74, 6) is -2.24. The van der Waals surface area contributed by atoms with Crippen LogP contribution in [-0.2, 0) is 9.59 Å². The van der Waals surface area contributed by atoms with Crippen molar-refractivity contribution in [3.8, 4) is 0 Å². The Morgan fingerprint density at radius 2 is 1.94 bits per heavy atom. The van der Waals surface area contributed by atoms with Crippen molar-refractivity contribution >= 4 is 23.4 Å². The van der Waals surface area contributed by atoms with E-state index in [1.165, 1.54) is 5.32 Å². The molecule has 94 valence electrons. The molecule has 16 heavy (non-hydrogen) atoms. The highest BCUT2D eigenvalue weighted by Crippen LogP contribution is 2.12. The molecule has 0 fully saturated rings. The molecule has 0 aliphatic heterocycles. The Morgan fingerprint density at radius 3 is 2.31 bits per heavy atom. The number of hydrogen-bond acceptors (Lipinski definition) is 2. The molecule has 0 aromatic carbocycles. The molecular weight excluding hydrogens is 256 g/mol. The minimum absolute atomic E-state index is 0.587. The second-order valence-electron chi connectivity index (χ2n) is 2.89. The molecule has 9 heteroatoms. The van der Waals surface area contributed by atoms with Gasteiger partial charge in [-0.05, 0) is 0 Å². The largest absolute Gasteiger partial charge is 0.405 e. The molecule has 0 saturated carbocycles. The third-order valence-electron chi connectivity index (χ3n) is 1.43. The van der Waals surface area contributed by atoms with Crippen LogP contribution in [0.15, 0.2) is 0 Å². The molecule has 0 aliphatic rings. The predicted molar refractivity (Wildman–Crippen MR) is 47.5 cm³/mol. The zero-order chi connectivity index (χ0) is 12.9. The van der Waals surface area contributed by atoms with E-state index >= 15 is 0 Å². The van der Waals surface area contributed by atoms with Crippen molar-refractivity contribution in [1.29, 1.82) is 0 Å². The van der Waals surface area contributed by atoms with Crippen LogP contribution in [0.1, 0.15) is 0 Å². The predicted octanol–water partition coefficient (Wildman–Crippen LogP) is 0.658. The van der Waals surface area contributed by atoms with Gasteiger partial charge in [-0.25, -0.2) is 4.39 Å². The Labute approximate surface area is 93.5 Å². The van der Waals surface area contributed by atoms with Gasteiger partial charge in [-0.1, -0.05) is 11.6 Å². The first-order valence-electron chi connectivity index (χ1n) is 4.00. The topological polar surface area (TPSA) is 49.4 Å². The number of halogens is 5. The van der Waals surface area contributed by atoms with Crippen LogP contribution in [0.5, 0.6) is 0 Å². The van der Waals surface area contributed by atoms with Crippen molar-refractivity contribution in [2.45, 2.75) is 11.8 Å². The molecule has 0 spiro atoms. The van der Waals surface area contributed by atoms with Crippen LogP contribution in [-0.4, -0.2) is 48.7 Å². The Morgan fingerprint density at radius 1 is 1.44 bits per heavy atom.